The molecule has 0 aliphatic carbocycles. The number of hydrogen-bond acceptors (Lipinski definition) is 7. The highest BCUT2D eigenvalue weighted by Crippen LogP contribution is 2.35. The molecule has 0 fully saturated rings. The Labute approximate surface area is 206 Å². The Morgan fingerprint density at radius 1 is 1.03 bits per heavy atom. The third-order valence-corrected chi connectivity index (χ3v) is 10.0. The molecule has 3 N–H and O–H groups in total. The number of hydrazone groups is 1. The smallest absolute Gasteiger partial charge is 0.341 e. The van der Waals surface area contributed by atoms with Crippen LogP contribution in [0.1, 0.15) is 54.0 Å². The number of benzene rings is 2. The van der Waals surface area contributed by atoms with Gasteiger partial charge in [-0.1, -0.05) is 32.9 Å². The van der Waals surface area contributed by atoms with Crippen molar-refractivity contribution in [2.75, 3.05) is 6.61 Å². The Hall–Kier alpha value is -3.50. The number of ether oxygens (including phenoxy) is 1. The molecule has 0 saturated carbocycles. The number of carboxylic acid groups (broad SMARTS) is 1. The van der Waals surface area contributed by atoms with Crippen molar-refractivity contribution in [1.82, 2.24) is 10.9 Å². The van der Waals surface area contributed by atoms with Crippen LogP contribution in [0.4, 0.5) is 0 Å². The summed E-state index contributed by atoms with van der Waals surface area (Å²) < 4.78 is 10.8. The molecule has 0 saturated heterocycles. The van der Waals surface area contributed by atoms with Crippen LogP contribution in [-0.2, 0) is 9.32 Å². The van der Waals surface area contributed by atoms with Gasteiger partial charge in [0.05, 0.1) is 12.3 Å². The summed E-state index contributed by atoms with van der Waals surface area (Å²) in [7, 11) is -1.96. The van der Waals surface area contributed by atoms with Crippen molar-refractivity contribution in [2.24, 2.45) is 5.10 Å². The van der Waals surface area contributed by atoms with E-state index in [1.165, 1.54) is 24.3 Å². The molecule has 2 aromatic carbocycles. The maximum atomic E-state index is 12.6. The molecule has 1 amide bonds. The first-order valence-corrected chi connectivity index (χ1v) is 14.1. The van der Waals surface area contributed by atoms with Crippen LogP contribution in [0.5, 0.6) is 5.75 Å². The normalized spacial score (nSPS) is 12.7. The maximum absolute atomic E-state index is 12.6. The van der Waals surface area contributed by atoms with E-state index in [9.17, 15) is 14.4 Å². The van der Waals surface area contributed by atoms with Gasteiger partial charge in [-0.3, -0.25) is 9.59 Å². The SMILES string of the molecule is C[C@H](NC(=O)c1ccc(C=NNO[Si](C)(C)C(C)(C)C)cc1)C(=O)c1ccc(OCC(=O)O)cc1. The number of carbonyl (C=O) groups is 3. The zero-order chi connectivity index (χ0) is 26.2. The van der Waals surface area contributed by atoms with E-state index in [2.05, 4.69) is 49.9 Å². The standard InChI is InChI=1S/C25H33N3O6Si/c1-17(23(31)19-11-13-21(14-12-19)33-16-22(29)30)27-24(32)20-9-7-18(8-10-20)15-26-28-34-35(5,6)25(2,3)4/h7-15,17,28H,16H2,1-6H3,(H,27,32)(H,29,30)/t17-/m0/s1. The number of ketones is 1. The van der Waals surface area contributed by atoms with Crippen molar-refractivity contribution >= 4 is 32.2 Å². The molecule has 35 heavy (non-hydrogen) atoms. The van der Waals surface area contributed by atoms with Gasteiger partial charge in [0.1, 0.15) is 5.75 Å². The molecule has 0 radical (unpaired) electrons. The summed E-state index contributed by atoms with van der Waals surface area (Å²) >= 11 is 0. The van der Waals surface area contributed by atoms with Crippen molar-refractivity contribution < 1.29 is 28.8 Å². The predicted octanol–water partition coefficient (Wildman–Crippen LogP) is 4.01. The lowest BCUT2D eigenvalue weighted by Gasteiger charge is -2.34. The number of nitrogens with one attached hydrogen (secondary N) is 2. The van der Waals surface area contributed by atoms with Gasteiger partial charge in [0.2, 0.25) is 8.32 Å². The minimum Gasteiger partial charge on any atom is -0.482 e. The first kappa shape index (κ1) is 27.7. The lowest BCUT2D eigenvalue weighted by Crippen LogP contribution is -2.43. The summed E-state index contributed by atoms with van der Waals surface area (Å²) in [6, 6.07) is 12.1. The molecule has 0 aliphatic rings. The van der Waals surface area contributed by atoms with Crippen molar-refractivity contribution in [3.8, 4) is 5.75 Å². The number of carbonyl (C=O) groups excluding carboxylic acids is 2. The Morgan fingerprint density at radius 3 is 2.14 bits per heavy atom. The van der Waals surface area contributed by atoms with Crippen LogP contribution in [0.25, 0.3) is 0 Å². The van der Waals surface area contributed by atoms with Gasteiger partial charge in [-0.05, 0) is 67.0 Å². The molecule has 2 rings (SSSR count). The van der Waals surface area contributed by atoms with E-state index in [4.69, 9.17) is 14.4 Å². The molecular weight excluding hydrogens is 466 g/mol. The minimum atomic E-state index is -1.96. The van der Waals surface area contributed by atoms with Crippen molar-refractivity contribution in [2.45, 2.75) is 51.9 Å². The van der Waals surface area contributed by atoms with Gasteiger partial charge in [0.25, 0.3) is 5.91 Å². The molecule has 1 atom stereocenters. The van der Waals surface area contributed by atoms with E-state index >= 15 is 0 Å². The molecule has 0 bridgehead atoms. The zero-order valence-corrected chi connectivity index (χ0v) is 21.9. The number of amides is 1. The van der Waals surface area contributed by atoms with Crippen molar-refractivity contribution in [3.05, 3.63) is 65.2 Å². The topological polar surface area (TPSA) is 126 Å². The average molecular weight is 500 g/mol. The van der Waals surface area contributed by atoms with Gasteiger partial charge in [-0.2, -0.15) is 10.7 Å². The Kier molecular flexibility index (Phi) is 9.32. The highest BCUT2D eigenvalue weighted by Gasteiger charge is 2.38. The Balaban J connectivity index is 1.90. The van der Waals surface area contributed by atoms with Crippen LogP contribution < -0.4 is 15.6 Å². The lowest BCUT2D eigenvalue weighted by molar-refractivity contribution is -0.139. The number of Topliss-reactive ketones (excluding diaryl/α,β-unsaturated/α-hetero) is 1. The van der Waals surface area contributed by atoms with Gasteiger partial charge in [-0.15, -0.1) is 0 Å². The fourth-order valence-electron chi connectivity index (χ4n) is 2.57. The summed E-state index contributed by atoms with van der Waals surface area (Å²) in [4.78, 5) is 35.8. The van der Waals surface area contributed by atoms with Crippen LogP contribution in [0.2, 0.25) is 18.1 Å². The summed E-state index contributed by atoms with van der Waals surface area (Å²) in [5.74, 6) is -1.41. The fourth-order valence-corrected chi connectivity index (χ4v) is 3.16. The minimum absolute atomic E-state index is 0.0584. The molecule has 188 valence electrons. The summed E-state index contributed by atoms with van der Waals surface area (Å²) in [6.45, 7) is 11.8. The van der Waals surface area contributed by atoms with Crippen LogP contribution >= 0.6 is 0 Å². The number of carboxylic acids is 1. The summed E-state index contributed by atoms with van der Waals surface area (Å²) in [6.07, 6.45) is 1.60. The van der Waals surface area contributed by atoms with E-state index in [1.807, 2.05) is 0 Å². The van der Waals surface area contributed by atoms with E-state index in [-0.39, 0.29) is 16.7 Å². The number of nitrogens with zero attached hydrogens (tertiary/aromatic N) is 1. The molecule has 0 aromatic heterocycles. The second-order valence-corrected chi connectivity index (χ2v) is 14.3. The summed E-state index contributed by atoms with van der Waals surface area (Å²) in [5, 5.41) is 15.5. The van der Waals surface area contributed by atoms with E-state index < -0.39 is 26.9 Å². The number of hydrogen-bond donors (Lipinski definition) is 3. The molecule has 10 heteroatoms. The van der Waals surface area contributed by atoms with Crippen molar-refractivity contribution in [3.63, 3.8) is 0 Å². The average Bonchev–Trinajstić information content (AvgIpc) is 2.80. The molecule has 0 unspecified atom stereocenters. The lowest BCUT2D eigenvalue weighted by atomic mass is 10.0. The van der Waals surface area contributed by atoms with E-state index in [0.717, 1.165) is 5.56 Å². The molecule has 9 nitrogen and oxygen atoms in total. The van der Waals surface area contributed by atoms with Crippen LogP contribution in [0.15, 0.2) is 53.6 Å². The van der Waals surface area contributed by atoms with Gasteiger partial charge in [0.15, 0.2) is 12.4 Å². The first-order valence-electron chi connectivity index (χ1n) is 11.2. The molecule has 0 heterocycles. The largest absolute Gasteiger partial charge is 0.482 e. The first-order chi connectivity index (χ1) is 16.3. The highest BCUT2D eigenvalue weighted by molar-refractivity contribution is 6.74. The molecule has 0 spiro atoms. The highest BCUT2D eigenvalue weighted by atomic mass is 28.4. The number of rotatable bonds is 11. The van der Waals surface area contributed by atoms with E-state index in [0.29, 0.717) is 16.9 Å². The Bertz CT molecular complexity index is 1060. The van der Waals surface area contributed by atoms with Gasteiger partial charge >= 0.3 is 5.97 Å². The predicted molar refractivity (Wildman–Crippen MR) is 136 cm³/mol. The number of aliphatic carboxylic acids is 1. The fraction of sp³-hybridized carbons (Fsp3) is 0.360. The van der Waals surface area contributed by atoms with Crippen LogP contribution in [-0.4, -0.2) is 49.9 Å². The zero-order valence-electron chi connectivity index (χ0n) is 20.9. The quantitative estimate of drug-likeness (QED) is 0.184. The van der Waals surface area contributed by atoms with Crippen molar-refractivity contribution in [1.29, 1.82) is 0 Å². The monoisotopic (exact) mass is 499 g/mol. The third-order valence-electron chi connectivity index (χ3n) is 5.79. The summed E-state index contributed by atoms with van der Waals surface area (Å²) in [5.41, 5.74) is 4.23. The van der Waals surface area contributed by atoms with Crippen LogP contribution in [0, 0.1) is 0 Å². The molecule has 2 aromatic rings. The van der Waals surface area contributed by atoms with Gasteiger partial charge in [0, 0.05) is 11.1 Å². The van der Waals surface area contributed by atoms with Gasteiger partial charge in [-0.25, -0.2) is 4.79 Å². The molecular formula is C25H33N3O6Si. The van der Waals surface area contributed by atoms with E-state index in [1.54, 1.807) is 37.4 Å². The second-order valence-electron chi connectivity index (χ2n) is 9.60. The second kappa shape index (κ2) is 11.8. The Morgan fingerprint density at radius 2 is 1.60 bits per heavy atom. The third kappa shape index (κ3) is 8.34. The molecule has 0 aliphatic heterocycles. The van der Waals surface area contributed by atoms with Crippen LogP contribution in [0.3, 0.4) is 0 Å². The maximum Gasteiger partial charge on any atom is 0.341 e. The van der Waals surface area contributed by atoms with Gasteiger partial charge < -0.3 is 19.7 Å².